The fourth-order valence-corrected chi connectivity index (χ4v) is 4.81. The number of aryl methyl sites for hydroxylation is 1. The molecule has 0 spiro atoms. The third-order valence-electron chi connectivity index (χ3n) is 4.96. The number of aromatic nitrogens is 4. The maximum absolute atomic E-state index is 5.32. The molecular weight excluding hydrogens is 332 g/mol. The first kappa shape index (κ1) is 14.8. The number of ether oxygens (including phenoxy) is 1. The molecule has 3 heterocycles. The van der Waals surface area contributed by atoms with Gasteiger partial charge in [0.1, 0.15) is 16.9 Å². The van der Waals surface area contributed by atoms with Gasteiger partial charge in [-0.2, -0.15) is 0 Å². The first-order valence-corrected chi connectivity index (χ1v) is 9.34. The predicted octanol–water partition coefficient (Wildman–Crippen LogP) is 4.14. The lowest BCUT2D eigenvalue weighted by Crippen LogP contribution is -2.09. The summed E-state index contributed by atoms with van der Waals surface area (Å²) in [6.07, 6.45) is 5.30. The topological polar surface area (TPSA) is 52.3 Å². The zero-order valence-electron chi connectivity index (χ0n) is 14.2. The highest BCUT2D eigenvalue weighted by Crippen LogP contribution is 2.38. The van der Waals surface area contributed by atoms with Gasteiger partial charge in [-0.3, -0.25) is 0 Å². The second kappa shape index (κ2) is 5.52. The second-order valence-electron chi connectivity index (χ2n) is 6.71. The number of fused-ring (bicyclic) bond motifs is 5. The molecule has 25 heavy (non-hydrogen) atoms. The van der Waals surface area contributed by atoms with Gasteiger partial charge in [-0.25, -0.2) is 14.5 Å². The standard InChI is InChI=1S/C19H18N4OS/c1-11-6-7-15-14(8-11)16-18-21-17(12-4-3-5-13(9-12)24-2)22-23(18)10-20-19(16)25-15/h3-5,9-11H,6-8H2,1-2H3/t11-/m0/s1. The minimum atomic E-state index is 0.706. The number of thiophene rings is 1. The maximum Gasteiger partial charge on any atom is 0.182 e. The van der Waals surface area contributed by atoms with Crippen LogP contribution in [0.5, 0.6) is 5.75 Å². The van der Waals surface area contributed by atoms with Crippen molar-refractivity contribution in [3.63, 3.8) is 0 Å². The van der Waals surface area contributed by atoms with Crippen LogP contribution < -0.4 is 4.74 Å². The van der Waals surface area contributed by atoms with Crippen LogP contribution in [0.1, 0.15) is 23.8 Å². The van der Waals surface area contributed by atoms with Crippen LogP contribution in [-0.2, 0) is 12.8 Å². The van der Waals surface area contributed by atoms with Crippen LogP contribution in [0.15, 0.2) is 30.6 Å². The predicted molar refractivity (Wildman–Crippen MR) is 99.3 cm³/mol. The second-order valence-corrected chi connectivity index (χ2v) is 7.80. The summed E-state index contributed by atoms with van der Waals surface area (Å²) in [5, 5.41) is 5.84. The van der Waals surface area contributed by atoms with E-state index in [1.807, 2.05) is 40.1 Å². The number of methoxy groups -OCH3 is 1. The number of hydrogen-bond donors (Lipinski definition) is 0. The summed E-state index contributed by atoms with van der Waals surface area (Å²) in [5.74, 6) is 2.23. The molecule has 1 aliphatic carbocycles. The summed E-state index contributed by atoms with van der Waals surface area (Å²) < 4.78 is 7.13. The molecule has 1 aromatic carbocycles. The van der Waals surface area contributed by atoms with E-state index in [2.05, 4.69) is 17.0 Å². The summed E-state index contributed by atoms with van der Waals surface area (Å²) in [6.45, 7) is 2.32. The number of hydrogen-bond acceptors (Lipinski definition) is 5. The Morgan fingerprint density at radius 1 is 1.32 bits per heavy atom. The molecule has 126 valence electrons. The van der Waals surface area contributed by atoms with E-state index in [-0.39, 0.29) is 0 Å². The van der Waals surface area contributed by atoms with Gasteiger partial charge in [0.05, 0.1) is 12.5 Å². The molecule has 4 aromatic rings. The van der Waals surface area contributed by atoms with Crippen LogP contribution in [-0.4, -0.2) is 26.7 Å². The van der Waals surface area contributed by atoms with Gasteiger partial charge >= 0.3 is 0 Å². The van der Waals surface area contributed by atoms with Crippen molar-refractivity contribution in [3.8, 4) is 17.1 Å². The van der Waals surface area contributed by atoms with Crippen LogP contribution in [0.2, 0.25) is 0 Å². The van der Waals surface area contributed by atoms with Gasteiger partial charge < -0.3 is 4.74 Å². The van der Waals surface area contributed by atoms with Crippen molar-refractivity contribution in [1.82, 2.24) is 19.6 Å². The Kier molecular flexibility index (Phi) is 3.28. The third kappa shape index (κ3) is 2.32. The Balaban J connectivity index is 1.74. The fraction of sp³-hybridized carbons (Fsp3) is 0.316. The maximum atomic E-state index is 5.32. The van der Waals surface area contributed by atoms with E-state index in [1.165, 1.54) is 22.2 Å². The molecule has 0 saturated carbocycles. The molecule has 5 rings (SSSR count). The van der Waals surface area contributed by atoms with Crippen LogP contribution in [0, 0.1) is 5.92 Å². The molecule has 0 fully saturated rings. The minimum Gasteiger partial charge on any atom is -0.497 e. The van der Waals surface area contributed by atoms with Gasteiger partial charge in [0.25, 0.3) is 0 Å². The molecular formula is C19H18N4OS. The van der Waals surface area contributed by atoms with Gasteiger partial charge in [-0.1, -0.05) is 19.1 Å². The van der Waals surface area contributed by atoms with E-state index in [1.54, 1.807) is 13.4 Å². The highest BCUT2D eigenvalue weighted by molar-refractivity contribution is 7.19. The average Bonchev–Trinajstić information content (AvgIpc) is 3.22. The summed E-state index contributed by atoms with van der Waals surface area (Å²) >= 11 is 1.82. The molecule has 0 amide bonds. The van der Waals surface area contributed by atoms with E-state index in [4.69, 9.17) is 9.72 Å². The van der Waals surface area contributed by atoms with Crippen molar-refractivity contribution in [2.24, 2.45) is 5.92 Å². The summed E-state index contributed by atoms with van der Waals surface area (Å²) in [6, 6.07) is 7.86. The summed E-state index contributed by atoms with van der Waals surface area (Å²) in [5.41, 5.74) is 3.30. The number of nitrogens with zero attached hydrogens (tertiary/aromatic N) is 4. The Bertz CT molecular complexity index is 1100. The lowest BCUT2D eigenvalue weighted by molar-refractivity contribution is 0.415. The molecule has 0 unspecified atom stereocenters. The molecule has 1 aliphatic rings. The Morgan fingerprint density at radius 3 is 3.12 bits per heavy atom. The number of rotatable bonds is 2. The van der Waals surface area contributed by atoms with Crippen molar-refractivity contribution in [3.05, 3.63) is 41.0 Å². The van der Waals surface area contributed by atoms with Crippen molar-refractivity contribution in [1.29, 1.82) is 0 Å². The van der Waals surface area contributed by atoms with Gasteiger partial charge in [0, 0.05) is 10.4 Å². The van der Waals surface area contributed by atoms with E-state index >= 15 is 0 Å². The monoisotopic (exact) mass is 350 g/mol. The van der Waals surface area contributed by atoms with Crippen LogP contribution in [0.3, 0.4) is 0 Å². The van der Waals surface area contributed by atoms with Crippen molar-refractivity contribution in [2.45, 2.75) is 26.2 Å². The third-order valence-corrected chi connectivity index (χ3v) is 6.16. The highest BCUT2D eigenvalue weighted by atomic mass is 32.1. The molecule has 0 radical (unpaired) electrons. The lowest BCUT2D eigenvalue weighted by atomic mass is 9.89. The Hall–Kier alpha value is -2.47. The van der Waals surface area contributed by atoms with Crippen LogP contribution in [0.4, 0.5) is 0 Å². The van der Waals surface area contributed by atoms with Crippen molar-refractivity contribution >= 4 is 27.2 Å². The molecule has 0 aliphatic heterocycles. The fourth-order valence-electron chi connectivity index (χ4n) is 3.63. The molecule has 6 heteroatoms. The highest BCUT2D eigenvalue weighted by Gasteiger charge is 2.23. The largest absolute Gasteiger partial charge is 0.497 e. The van der Waals surface area contributed by atoms with Gasteiger partial charge in [0.2, 0.25) is 0 Å². The molecule has 0 bridgehead atoms. The smallest absolute Gasteiger partial charge is 0.182 e. The van der Waals surface area contributed by atoms with Crippen LogP contribution >= 0.6 is 11.3 Å². The summed E-state index contributed by atoms with van der Waals surface area (Å²) in [4.78, 5) is 12.0. The summed E-state index contributed by atoms with van der Waals surface area (Å²) in [7, 11) is 1.67. The first-order valence-electron chi connectivity index (χ1n) is 8.53. The quantitative estimate of drug-likeness (QED) is 0.545. The zero-order chi connectivity index (χ0) is 17.0. The van der Waals surface area contributed by atoms with Gasteiger partial charge in [-0.15, -0.1) is 16.4 Å². The van der Waals surface area contributed by atoms with E-state index in [9.17, 15) is 0 Å². The molecule has 5 nitrogen and oxygen atoms in total. The lowest BCUT2D eigenvalue weighted by Gasteiger charge is -2.17. The van der Waals surface area contributed by atoms with Crippen molar-refractivity contribution < 1.29 is 4.74 Å². The van der Waals surface area contributed by atoms with Gasteiger partial charge in [0.15, 0.2) is 11.5 Å². The Morgan fingerprint density at radius 2 is 2.24 bits per heavy atom. The van der Waals surface area contributed by atoms with E-state index in [0.717, 1.165) is 34.6 Å². The van der Waals surface area contributed by atoms with E-state index in [0.29, 0.717) is 11.7 Å². The normalized spacial score (nSPS) is 17.1. The molecule has 0 N–H and O–H groups in total. The zero-order valence-corrected chi connectivity index (χ0v) is 15.0. The van der Waals surface area contributed by atoms with Crippen LogP contribution in [0.25, 0.3) is 27.3 Å². The molecule has 1 atom stereocenters. The number of benzene rings is 1. The molecule has 3 aromatic heterocycles. The SMILES string of the molecule is COc1cccc(-c2nc3c4c5c(sc4ncn3n2)CC[C@H](C)C5)c1. The van der Waals surface area contributed by atoms with E-state index < -0.39 is 0 Å². The van der Waals surface area contributed by atoms with Gasteiger partial charge in [-0.05, 0) is 42.9 Å². The first-order chi connectivity index (χ1) is 12.2. The average molecular weight is 350 g/mol. The van der Waals surface area contributed by atoms with Crippen molar-refractivity contribution in [2.75, 3.05) is 7.11 Å². The molecule has 0 saturated heterocycles. The Labute approximate surface area is 149 Å². The minimum absolute atomic E-state index is 0.706.